The first-order valence-electron chi connectivity index (χ1n) is 6.45. The summed E-state index contributed by atoms with van der Waals surface area (Å²) in [5.41, 5.74) is 0.988. The number of rotatable bonds is 2. The molecule has 102 valence electrons. The number of halogens is 1. The van der Waals surface area contributed by atoms with E-state index in [1.807, 2.05) is 33.8 Å². The van der Waals surface area contributed by atoms with Crippen LogP contribution in [-0.4, -0.2) is 18.3 Å². The molecule has 0 bridgehead atoms. The van der Waals surface area contributed by atoms with Gasteiger partial charge in [-0.3, -0.25) is 0 Å². The van der Waals surface area contributed by atoms with Crippen LogP contribution in [0.15, 0.2) is 24.8 Å². The van der Waals surface area contributed by atoms with Crippen LogP contribution in [0.2, 0.25) is 0 Å². The van der Waals surface area contributed by atoms with Gasteiger partial charge in [0.05, 0.1) is 11.2 Å². The zero-order chi connectivity index (χ0) is 14.4. The fraction of sp³-hybridized carbons (Fsp3) is 0.467. The molecular weight excluding hydrogens is 242 g/mol. The smallest absolute Gasteiger partial charge is 0.399 e. The minimum absolute atomic E-state index is 0.292. The van der Waals surface area contributed by atoms with Crippen LogP contribution >= 0.6 is 0 Å². The van der Waals surface area contributed by atoms with Crippen molar-refractivity contribution in [3.63, 3.8) is 0 Å². The van der Waals surface area contributed by atoms with E-state index >= 15 is 0 Å². The molecule has 4 heteroatoms. The zero-order valence-corrected chi connectivity index (χ0v) is 12.2. The summed E-state index contributed by atoms with van der Waals surface area (Å²) in [6, 6.07) is 4.93. The highest BCUT2D eigenvalue weighted by Gasteiger charge is 2.52. The summed E-state index contributed by atoms with van der Waals surface area (Å²) in [6.45, 7) is 13.5. The molecule has 0 spiro atoms. The van der Waals surface area contributed by atoms with E-state index in [1.54, 1.807) is 13.0 Å². The fourth-order valence-electron chi connectivity index (χ4n) is 2.16. The maximum atomic E-state index is 14.0. The molecule has 0 unspecified atom stereocenters. The molecule has 0 saturated carbocycles. The molecule has 1 aromatic carbocycles. The normalized spacial score (nSPS) is 20.6. The highest BCUT2D eigenvalue weighted by molar-refractivity contribution is 6.63. The molecule has 1 heterocycles. The molecule has 2 rings (SSSR count). The van der Waals surface area contributed by atoms with Gasteiger partial charge < -0.3 is 9.31 Å². The lowest BCUT2D eigenvalue weighted by Crippen LogP contribution is -2.41. The van der Waals surface area contributed by atoms with Crippen LogP contribution in [0.3, 0.4) is 0 Å². The fourth-order valence-corrected chi connectivity index (χ4v) is 2.16. The SMILES string of the molecule is C=C(C)c1c(F)cccc1B1OC(C)(C)C(C)(C)O1. The predicted octanol–water partition coefficient (Wildman–Crippen LogP) is 3.16. The Hall–Kier alpha value is -1.13. The molecule has 0 atom stereocenters. The average Bonchev–Trinajstić information content (AvgIpc) is 2.47. The van der Waals surface area contributed by atoms with E-state index in [1.165, 1.54) is 6.07 Å². The number of hydrogen-bond donors (Lipinski definition) is 0. The third kappa shape index (κ3) is 2.35. The standard InChI is InChI=1S/C15H20BFO2/c1-10(2)13-11(8-7-9-12(13)17)16-18-14(3,4)15(5,6)19-16/h7-9H,1H2,2-6H3. The van der Waals surface area contributed by atoms with Crippen molar-refractivity contribution < 1.29 is 13.7 Å². The van der Waals surface area contributed by atoms with Gasteiger partial charge in [-0.15, -0.1) is 0 Å². The van der Waals surface area contributed by atoms with Gasteiger partial charge in [0.25, 0.3) is 0 Å². The van der Waals surface area contributed by atoms with Crippen molar-refractivity contribution >= 4 is 18.2 Å². The van der Waals surface area contributed by atoms with E-state index < -0.39 is 18.3 Å². The molecule has 1 saturated heterocycles. The molecule has 0 aliphatic carbocycles. The van der Waals surface area contributed by atoms with Gasteiger partial charge in [-0.25, -0.2) is 4.39 Å². The number of hydrogen-bond acceptors (Lipinski definition) is 2. The quantitative estimate of drug-likeness (QED) is 0.762. The Morgan fingerprint density at radius 2 is 1.68 bits per heavy atom. The second-order valence-corrected chi connectivity index (χ2v) is 6.07. The van der Waals surface area contributed by atoms with Crippen LogP contribution in [0.5, 0.6) is 0 Å². The van der Waals surface area contributed by atoms with Crippen LogP contribution in [0.25, 0.3) is 5.57 Å². The van der Waals surface area contributed by atoms with Crippen LogP contribution in [0.4, 0.5) is 4.39 Å². The van der Waals surface area contributed by atoms with Crippen molar-refractivity contribution in [2.75, 3.05) is 0 Å². The van der Waals surface area contributed by atoms with Crippen LogP contribution in [-0.2, 0) is 9.31 Å². The first-order valence-corrected chi connectivity index (χ1v) is 6.45. The minimum Gasteiger partial charge on any atom is -0.399 e. The van der Waals surface area contributed by atoms with Gasteiger partial charge in [0.1, 0.15) is 5.82 Å². The van der Waals surface area contributed by atoms with Crippen molar-refractivity contribution in [1.29, 1.82) is 0 Å². The number of benzene rings is 1. The molecular formula is C15H20BFO2. The molecule has 0 radical (unpaired) electrons. The summed E-state index contributed by atoms with van der Waals surface area (Å²) < 4.78 is 25.9. The lowest BCUT2D eigenvalue weighted by Gasteiger charge is -2.32. The van der Waals surface area contributed by atoms with E-state index in [-0.39, 0.29) is 5.82 Å². The molecule has 1 aromatic rings. The largest absolute Gasteiger partial charge is 0.495 e. The topological polar surface area (TPSA) is 18.5 Å². The Morgan fingerprint density at radius 1 is 1.16 bits per heavy atom. The minimum atomic E-state index is -0.563. The predicted molar refractivity (Wildman–Crippen MR) is 76.8 cm³/mol. The lowest BCUT2D eigenvalue weighted by atomic mass is 9.74. The van der Waals surface area contributed by atoms with Gasteiger partial charge in [0, 0.05) is 5.56 Å². The van der Waals surface area contributed by atoms with Gasteiger partial charge in [-0.1, -0.05) is 18.7 Å². The van der Waals surface area contributed by atoms with Gasteiger partial charge in [-0.05, 0) is 51.7 Å². The summed E-state index contributed by atoms with van der Waals surface area (Å²) in [6.07, 6.45) is 0. The number of allylic oxidation sites excluding steroid dienone is 1. The molecule has 2 nitrogen and oxygen atoms in total. The maximum Gasteiger partial charge on any atom is 0.495 e. The molecule has 0 aromatic heterocycles. The third-order valence-electron chi connectivity index (χ3n) is 3.98. The van der Waals surface area contributed by atoms with Gasteiger partial charge in [0.2, 0.25) is 0 Å². The maximum absolute atomic E-state index is 14.0. The molecule has 19 heavy (non-hydrogen) atoms. The summed E-state index contributed by atoms with van der Waals surface area (Å²) in [5.74, 6) is -0.292. The second kappa shape index (κ2) is 4.46. The van der Waals surface area contributed by atoms with Crippen molar-refractivity contribution in [3.8, 4) is 0 Å². The average molecular weight is 262 g/mol. The highest BCUT2D eigenvalue weighted by Crippen LogP contribution is 2.37. The molecule has 1 fully saturated rings. The van der Waals surface area contributed by atoms with Crippen LogP contribution in [0.1, 0.15) is 40.2 Å². The Bertz CT molecular complexity index is 507. The Balaban J connectivity index is 2.46. The van der Waals surface area contributed by atoms with Crippen molar-refractivity contribution in [2.24, 2.45) is 0 Å². The zero-order valence-electron chi connectivity index (χ0n) is 12.2. The molecule has 0 amide bonds. The van der Waals surface area contributed by atoms with Gasteiger partial charge in [0.15, 0.2) is 0 Å². The summed E-state index contributed by atoms with van der Waals surface area (Å²) in [7, 11) is -0.563. The summed E-state index contributed by atoms with van der Waals surface area (Å²) in [4.78, 5) is 0. The lowest BCUT2D eigenvalue weighted by molar-refractivity contribution is 0.00578. The first kappa shape index (κ1) is 14.3. The van der Waals surface area contributed by atoms with E-state index in [0.29, 0.717) is 16.6 Å². The van der Waals surface area contributed by atoms with Crippen molar-refractivity contribution in [3.05, 3.63) is 36.2 Å². The summed E-state index contributed by atoms with van der Waals surface area (Å²) >= 11 is 0. The van der Waals surface area contributed by atoms with Crippen LogP contribution < -0.4 is 5.46 Å². The van der Waals surface area contributed by atoms with Crippen molar-refractivity contribution in [1.82, 2.24) is 0 Å². The monoisotopic (exact) mass is 262 g/mol. The van der Waals surface area contributed by atoms with Gasteiger partial charge >= 0.3 is 7.12 Å². The van der Waals surface area contributed by atoms with E-state index in [9.17, 15) is 4.39 Å². The second-order valence-electron chi connectivity index (χ2n) is 6.07. The van der Waals surface area contributed by atoms with E-state index in [2.05, 4.69) is 6.58 Å². The molecule has 1 aliphatic rings. The third-order valence-corrected chi connectivity index (χ3v) is 3.98. The van der Waals surface area contributed by atoms with E-state index in [0.717, 1.165) is 0 Å². The highest BCUT2D eigenvalue weighted by atomic mass is 19.1. The van der Waals surface area contributed by atoms with Gasteiger partial charge in [-0.2, -0.15) is 0 Å². The molecule has 0 N–H and O–H groups in total. The van der Waals surface area contributed by atoms with Crippen molar-refractivity contribution in [2.45, 2.75) is 45.8 Å². The first-order chi connectivity index (χ1) is 8.66. The Morgan fingerprint density at radius 3 is 2.16 bits per heavy atom. The van der Waals surface area contributed by atoms with Crippen LogP contribution in [0, 0.1) is 5.82 Å². The van der Waals surface area contributed by atoms with E-state index in [4.69, 9.17) is 9.31 Å². The molecule has 1 aliphatic heterocycles. The Labute approximate surface area is 114 Å². The summed E-state index contributed by atoms with van der Waals surface area (Å²) in [5, 5.41) is 0. The Kier molecular flexibility index (Phi) is 3.35.